The van der Waals surface area contributed by atoms with E-state index in [2.05, 4.69) is 20.3 Å². The normalized spacial score (nSPS) is 14.9. The first-order valence-electron chi connectivity index (χ1n) is 9.95. The van der Waals surface area contributed by atoms with Crippen molar-refractivity contribution in [2.24, 2.45) is 0 Å². The van der Waals surface area contributed by atoms with Crippen LogP contribution in [0, 0.1) is 11.6 Å². The fourth-order valence-electron chi connectivity index (χ4n) is 3.86. The lowest BCUT2D eigenvalue weighted by atomic mass is 10.0. The van der Waals surface area contributed by atoms with Crippen LogP contribution in [-0.4, -0.2) is 34.1 Å². The molecule has 2 aromatic heterocycles. The number of nitrogens with zero attached hydrogens (tertiary/aromatic N) is 2. The average molecular weight is 406 g/mol. The fourth-order valence-corrected chi connectivity index (χ4v) is 3.86. The van der Waals surface area contributed by atoms with Crippen LogP contribution in [0.2, 0.25) is 0 Å². The summed E-state index contributed by atoms with van der Waals surface area (Å²) < 4.78 is 34.6. The van der Waals surface area contributed by atoms with Crippen molar-refractivity contribution >= 4 is 10.9 Å². The molecule has 0 radical (unpaired) electrons. The Morgan fingerprint density at radius 2 is 1.80 bits per heavy atom. The van der Waals surface area contributed by atoms with Crippen molar-refractivity contribution in [1.82, 2.24) is 20.3 Å². The third kappa shape index (κ3) is 3.52. The van der Waals surface area contributed by atoms with Crippen molar-refractivity contribution < 1.29 is 13.5 Å². The molecule has 0 bridgehead atoms. The molecule has 1 fully saturated rings. The quantitative estimate of drug-likeness (QED) is 0.516. The smallest absolute Gasteiger partial charge is 0.217 e. The molecule has 0 unspecified atom stereocenters. The zero-order valence-corrected chi connectivity index (χ0v) is 16.2. The number of benzene rings is 2. The van der Waals surface area contributed by atoms with Gasteiger partial charge in [0.25, 0.3) is 0 Å². The van der Waals surface area contributed by atoms with Crippen molar-refractivity contribution in [1.29, 1.82) is 0 Å². The van der Waals surface area contributed by atoms with Crippen LogP contribution in [0.15, 0.2) is 54.9 Å². The van der Waals surface area contributed by atoms with E-state index in [-0.39, 0.29) is 11.7 Å². The molecule has 0 amide bonds. The number of hydrogen-bond acceptors (Lipinski definition) is 4. The molecule has 4 aromatic rings. The van der Waals surface area contributed by atoms with Crippen LogP contribution >= 0.6 is 0 Å². The van der Waals surface area contributed by atoms with Crippen LogP contribution in [0.25, 0.3) is 33.4 Å². The highest BCUT2D eigenvalue weighted by Gasteiger charge is 2.17. The minimum absolute atomic E-state index is 0.0459. The number of piperidine rings is 1. The SMILES string of the molecule is Fc1cccc(F)c1-c1ccc2[nH]cc(-c3nccc(OC4CCNCC4)n3)c2c1. The summed E-state index contributed by atoms with van der Waals surface area (Å²) in [4.78, 5) is 12.1. The maximum atomic E-state index is 14.3. The van der Waals surface area contributed by atoms with Gasteiger partial charge in [-0.05, 0) is 55.8 Å². The van der Waals surface area contributed by atoms with Gasteiger partial charge in [0.1, 0.15) is 17.7 Å². The summed E-state index contributed by atoms with van der Waals surface area (Å²) in [5.41, 5.74) is 2.00. The van der Waals surface area contributed by atoms with Gasteiger partial charge in [0, 0.05) is 34.9 Å². The molecule has 0 atom stereocenters. The van der Waals surface area contributed by atoms with Crippen molar-refractivity contribution in [3.8, 4) is 28.4 Å². The van der Waals surface area contributed by atoms with Gasteiger partial charge in [-0.1, -0.05) is 12.1 Å². The Hall–Kier alpha value is -3.32. The Morgan fingerprint density at radius 1 is 1.00 bits per heavy atom. The molecule has 0 saturated carbocycles. The Balaban J connectivity index is 1.53. The third-order valence-corrected chi connectivity index (χ3v) is 5.38. The first-order valence-corrected chi connectivity index (χ1v) is 9.95. The largest absolute Gasteiger partial charge is 0.474 e. The van der Waals surface area contributed by atoms with Gasteiger partial charge in [-0.25, -0.2) is 13.8 Å². The van der Waals surface area contributed by atoms with E-state index in [9.17, 15) is 8.78 Å². The standard InChI is InChI=1S/C23H20F2N4O/c24-18-2-1-3-19(25)22(18)14-4-5-20-16(12-14)17(13-28-20)23-27-11-8-21(29-23)30-15-6-9-26-10-7-15/h1-5,8,11-13,15,26,28H,6-7,9-10H2. The molecule has 2 aromatic carbocycles. The summed E-state index contributed by atoms with van der Waals surface area (Å²) in [7, 11) is 0. The van der Waals surface area contributed by atoms with Crippen LogP contribution in [-0.2, 0) is 0 Å². The van der Waals surface area contributed by atoms with E-state index in [1.807, 2.05) is 0 Å². The third-order valence-electron chi connectivity index (χ3n) is 5.38. The number of hydrogen-bond donors (Lipinski definition) is 2. The molecule has 5 nitrogen and oxygen atoms in total. The number of fused-ring (bicyclic) bond motifs is 1. The monoisotopic (exact) mass is 406 g/mol. The van der Waals surface area contributed by atoms with Gasteiger partial charge in [0.05, 0.1) is 5.56 Å². The van der Waals surface area contributed by atoms with E-state index >= 15 is 0 Å². The van der Waals surface area contributed by atoms with Gasteiger partial charge in [-0.15, -0.1) is 0 Å². The predicted octanol–water partition coefficient (Wildman–Crippen LogP) is 4.70. The number of H-pyrrole nitrogens is 1. The van der Waals surface area contributed by atoms with Crippen molar-refractivity contribution in [3.63, 3.8) is 0 Å². The molecule has 1 aliphatic rings. The number of ether oxygens (including phenoxy) is 1. The lowest BCUT2D eigenvalue weighted by Crippen LogP contribution is -2.34. The predicted molar refractivity (Wildman–Crippen MR) is 111 cm³/mol. The zero-order chi connectivity index (χ0) is 20.5. The zero-order valence-electron chi connectivity index (χ0n) is 16.2. The molecule has 0 spiro atoms. The molecule has 3 heterocycles. The lowest BCUT2D eigenvalue weighted by molar-refractivity contribution is 0.156. The number of halogens is 2. The Labute approximate surface area is 172 Å². The van der Waals surface area contributed by atoms with Gasteiger partial charge in [-0.3, -0.25) is 0 Å². The molecule has 2 N–H and O–H groups in total. The Kier molecular flexibility index (Phi) is 4.88. The highest BCUT2D eigenvalue weighted by Crippen LogP contribution is 2.33. The molecular weight excluding hydrogens is 386 g/mol. The molecule has 1 aliphatic heterocycles. The van der Waals surface area contributed by atoms with E-state index in [1.54, 1.807) is 36.7 Å². The lowest BCUT2D eigenvalue weighted by Gasteiger charge is -2.23. The van der Waals surface area contributed by atoms with Crippen LogP contribution in [0.4, 0.5) is 8.78 Å². The second kappa shape index (κ2) is 7.84. The summed E-state index contributed by atoms with van der Waals surface area (Å²) >= 11 is 0. The van der Waals surface area contributed by atoms with Crippen LogP contribution in [0.5, 0.6) is 5.88 Å². The number of nitrogens with one attached hydrogen (secondary N) is 2. The molecule has 152 valence electrons. The van der Waals surface area contributed by atoms with Gasteiger partial charge in [-0.2, -0.15) is 4.98 Å². The number of aromatic nitrogens is 3. The van der Waals surface area contributed by atoms with Crippen molar-refractivity contribution in [3.05, 3.63) is 66.5 Å². The van der Waals surface area contributed by atoms with E-state index in [1.165, 1.54) is 18.2 Å². The summed E-state index contributed by atoms with van der Waals surface area (Å²) in [5.74, 6) is -0.170. The first kappa shape index (κ1) is 18.7. The van der Waals surface area contributed by atoms with Gasteiger partial charge < -0.3 is 15.0 Å². The topological polar surface area (TPSA) is 62.8 Å². The highest BCUT2D eigenvalue weighted by atomic mass is 19.1. The maximum absolute atomic E-state index is 14.3. The Bertz CT molecular complexity index is 1180. The molecule has 30 heavy (non-hydrogen) atoms. The van der Waals surface area contributed by atoms with Crippen molar-refractivity contribution in [2.75, 3.05) is 13.1 Å². The molecule has 5 rings (SSSR count). The minimum Gasteiger partial charge on any atom is -0.474 e. The van der Waals surface area contributed by atoms with Crippen LogP contribution in [0.1, 0.15) is 12.8 Å². The number of aromatic amines is 1. The van der Waals surface area contributed by atoms with Gasteiger partial charge in [0.2, 0.25) is 5.88 Å². The molecule has 0 aliphatic carbocycles. The summed E-state index contributed by atoms with van der Waals surface area (Å²) in [6.07, 6.45) is 5.47. The van der Waals surface area contributed by atoms with E-state index in [0.29, 0.717) is 17.3 Å². The van der Waals surface area contributed by atoms with Gasteiger partial charge >= 0.3 is 0 Å². The summed E-state index contributed by atoms with van der Waals surface area (Å²) in [5, 5.41) is 4.10. The molecule has 1 saturated heterocycles. The van der Waals surface area contributed by atoms with E-state index in [4.69, 9.17) is 4.74 Å². The Morgan fingerprint density at radius 3 is 2.60 bits per heavy atom. The maximum Gasteiger partial charge on any atom is 0.217 e. The van der Waals surface area contributed by atoms with Crippen molar-refractivity contribution in [2.45, 2.75) is 18.9 Å². The van der Waals surface area contributed by atoms with Gasteiger partial charge in [0.15, 0.2) is 5.82 Å². The second-order valence-corrected chi connectivity index (χ2v) is 7.35. The molecular formula is C23H20F2N4O. The van der Waals surface area contributed by atoms with Crippen LogP contribution < -0.4 is 10.1 Å². The average Bonchev–Trinajstić information content (AvgIpc) is 3.18. The fraction of sp³-hybridized carbons (Fsp3) is 0.217. The van der Waals surface area contributed by atoms with Crippen LogP contribution in [0.3, 0.4) is 0 Å². The highest BCUT2D eigenvalue weighted by molar-refractivity contribution is 5.96. The van der Waals surface area contributed by atoms with E-state index < -0.39 is 11.6 Å². The first-order chi connectivity index (χ1) is 14.7. The minimum atomic E-state index is -0.597. The summed E-state index contributed by atoms with van der Waals surface area (Å²) in [6.45, 7) is 1.86. The number of rotatable bonds is 4. The second-order valence-electron chi connectivity index (χ2n) is 7.35. The summed E-state index contributed by atoms with van der Waals surface area (Å²) in [6, 6.07) is 10.9. The van der Waals surface area contributed by atoms with E-state index in [0.717, 1.165) is 42.4 Å². The molecule has 7 heteroatoms.